The van der Waals surface area contributed by atoms with E-state index in [2.05, 4.69) is 21.2 Å². The molecule has 3 aromatic carbocycles. The van der Waals surface area contributed by atoms with Crippen LogP contribution in [0, 0.1) is 0 Å². The fraction of sp³-hybridized carbons (Fsp3) is 0.0909. The fourth-order valence-electron chi connectivity index (χ4n) is 2.47. The van der Waals surface area contributed by atoms with Gasteiger partial charge in [-0.15, -0.1) is 0 Å². The maximum atomic E-state index is 12.4. The third-order valence-electron chi connectivity index (χ3n) is 3.96. The van der Waals surface area contributed by atoms with E-state index >= 15 is 0 Å². The standard InChI is InChI=1S/C22H18BrNO3/c1-15(25)18-3-2-4-20(13-18)24-22(26)17-7-5-16(6-8-17)14-27-21-11-9-19(23)10-12-21/h2-13H,14H2,1H3,(H,24,26). The van der Waals surface area contributed by atoms with Gasteiger partial charge < -0.3 is 10.1 Å². The van der Waals surface area contributed by atoms with E-state index in [0.29, 0.717) is 23.4 Å². The molecule has 0 bridgehead atoms. The van der Waals surface area contributed by atoms with Crippen LogP contribution in [-0.4, -0.2) is 11.7 Å². The predicted octanol–water partition coefficient (Wildman–Crippen LogP) is 5.48. The molecule has 0 saturated carbocycles. The van der Waals surface area contributed by atoms with Crippen molar-refractivity contribution in [3.8, 4) is 5.75 Å². The minimum absolute atomic E-state index is 0.0405. The normalized spacial score (nSPS) is 10.3. The first kappa shape index (κ1) is 18.9. The summed E-state index contributed by atoms with van der Waals surface area (Å²) in [5, 5.41) is 2.81. The molecule has 136 valence electrons. The Morgan fingerprint density at radius 1 is 0.926 bits per heavy atom. The van der Waals surface area contributed by atoms with Crippen LogP contribution < -0.4 is 10.1 Å². The van der Waals surface area contributed by atoms with Gasteiger partial charge in [-0.2, -0.15) is 0 Å². The lowest BCUT2D eigenvalue weighted by Crippen LogP contribution is -2.12. The summed E-state index contributed by atoms with van der Waals surface area (Å²) in [6.07, 6.45) is 0. The van der Waals surface area contributed by atoms with E-state index in [4.69, 9.17) is 4.74 Å². The molecule has 0 aliphatic rings. The number of carbonyl (C=O) groups excluding carboxylic acids is 2. The highest BCUT2D eigenvalue weighted by molar-refractivity contribution is 9.10. The van der Waals surface area contributed by atoms with Gasteiger partial charge >= 0.3 is 0 Å². The Morgan fingerprint density at radius 3 is 2.30 bits per heavy atom. The molecule has 0 radical (unpaired) electrons. The first-order chi connectivity index (χ1) is 13.0. The zero-order valence-corrected chi connectivity index (χ0v) is 16.3. The molecule has 0 unspecified atom stereocenters. The van der Waals surface area contributed by atoms with Crippen LogP contribution in [0.3, 0.4) is 0 Å². The van der Waals surface area contributed by atoms with E-state index in [1.807, 2.05) is 36.4 Å². The third-order valence-corrected chi connectivity index (χ3v) is 4.49. The van der Waals surface area contributed by atoms with Gasteiger partial charge in [0.15, 0.2) is 5.78 Å². The molecule has 1 amide bonds. The van der Waals surface area contributed by atoms with E-state index in [1.165, 1.54) is 6.92 Å². The van der Waals surface area contributed by atoms with Gasteiger partial charge in [-0.05, 0) is 61.0 Å². The molecular formula is C22H18BrNO3. The van der Waals surface area contributed by atoms with Gasteiger partial charge in [0.2, 0.25) is 0 Å². The molecule has 0 fully saturated rings. The van der Waals surface area contributed by atoms with Gasteiger partial charge in [0.25, 0.3) is 5.91 Å². The Labute approximate surface area is 166 Å². The second-order valence-electron chi connectivity index (χ2n) is 6.03. The largest absolute Gasteiger partial charge is 0.489 e. The van der Waals surface area contributed by atoms with Gasteiger partial charge in [-0.1, -0.05) is 40.2 Å². The molecule has 0 atom stereocenters. The number of nitrogens with one attached hydrogen (secondary N) is 1. The molecule has 0 spiro atoms. The monoisotopic (exact) mass is 423 g/mol. The van der Waals surface area contributed by atoms with E-state index in [-0.39, 0.29) is 11.7 Å². The van der Waals surface area contributed by atoms with Crippen LogP contribution in [-0.2, 0) is 6.61 Å². The van der Waals surface area contributed by atoms with Gasteiger partial charge in [0.1, 0.15) is 12.4 Å². The van der Waals surface area contributed by atoms with Crippen molar-refractivity contribution in [1.82, 2.24) is 0 Å². The van der Waals surface area contributed by atoms with Crippen molar-refractivity contribution in [2.24, 2.45) is 0 Å². The minimum Gasteiger partial charge on any atom is -0.489 e. The Hall–Kier alpha value is -2.92. The molecule has 0 aromatic heterocycles. The van der Waals surface area contributed by atoms with Crippen molar-refractivity contribution in [3.05, 3.63) is 94.0 Å². The molecule has 0 aliphatic heterocycles. The molecule has 3 aromatic rings. The third kappa shape index (κ3) is 5.28. The number of carbonyl (C=O) groups is 2. The molecule has 27 heavy (non-hydrogen) atoms. The molecule has 1 N–H and O–H groups in total. The molecule has 5 heteroatoms. The van der Waals surface area contributed by atoms with E-state index in [9.17, 15) is 9.59 Å². The maximum Gasteiger partial charge on any atom is 0.255 e. The highest BCUT2D eigenvalue weighted by Crippen LogP contribution is 2.18. The highest BCUT2D eigenvalue weighted by Gasteiger charge is 2.08. The van der Waals surface area contributed by atoms with Crippen molar-refractivity contribution < 1.29 is 14.3 Å². The summed E-state index contributed by atoms with van der Waals surface area (Å²) in [6, 6.07) is 21.7. The Balaban J connectivity index is 1.60. The SMILES string of the molecule is CC(=O)c1cccc(NC(=O)c2ccc(COc3ccc(Br)cc3)cc2)c1. The molecule has 3 rings (SSSR count). The lowest BCUT2D eigenvalue weighted by molar-refractivity contribution is 0.101. The number of ketones is 1. The minimum atomic E-state index is -0.226. The van der Waals surface area contributed by atoms with Gasteiger partial charge in [0, 0.05) is 21.3 Å². The van der Waals surface area contributed by atoms with Crippen LogP contribution in [0.25, 0.3) is 0 Å². The second-order valence-corrected chi connectivity index (χ2v) is 6.95. The number of hydrogen-bond acceptors (Lipinski definition) is 3. The van der Waals surface area contributed by atoms with Crippen molar-refractivity contribution in [1.29, 1.82) is 0 Å². The number of ether oxygens (including phenoxy) is 1. The summed E-state index contributed by atoms with van der Waals surface area (Å²) in [5.74, 6) is 0.516. The van der Waals surface area contributed by atoms with Crippen LogP contribution in [0.4, 0.5) is 5.69 Å². The number of Topliss-reactive ketones (excluding diaryl/α,β-unsaturated/α-hetero) is 1. The fourth-order valence-corrected chi connectivity index (χ4v) is 2.73. The summed E-state index contributed by atoms with van der Waals surface area (Å²) in [6.45, 7) is 1.92. The van der Waals surface area contributed by atoms with Crippen LogP contribution in [0.2, 0.25) is 0 Å². The zero-order chi connectivity index (χ0) is 19.2. The lowest BCUT2D eigenvalue weighted by atomic mass is 10.1. The first-order valence-corrected chi connectivity index (χ1v) is 9.20. The molecule has 0 heterocycles. The van der Waals surface area contributed by atoms with Crippen LogP contribution in [0.5, 0.6) is 5.75 Å². The molecule has 0 saturated heterocycles. The van der Waals surface area contributed by atoms with Crippen molar-refractivity contribution in [3.63, 3.8) is 0 Å². The van der Waals surface area contributed by atoms with Crippen molar-refractivity contribution >= 4 is 33.3 Å². The Morgan fingerprint density at radius 2 is 1.63 bits per heavy atom. The zero-order valence-electron chi connectivity index (χ0n) is 14.7. The Kier molecular flexibility index (Phi) is 6.04. The summed E-state index contributed by atoms with van der Waals surface area (Å²) < 4.78 is 6.72. The Bertz CT molecular complexity index is 950. The molecular weight excluding hydrogens is 406 g/mol. The van der Waals surface area contributed by atoms with Crippen molar-refractivity contribution in [2.75, 3.05) is 5.32 Å². The average Bonchev–Trinajstić information content (AvgIpc) is 2.68. The average molecular weight is 424 g/mol. The summed E-state index contributed by atoms with van der Waals surface area (Å²) >= 11 is 3.39. The number of rotatable bonds is 6. The van der Waals surface area contributed by atoms with E-state index < -0.39 is 0 Å². The molecule has 4 nitrogen and oxygen atoms in total. The van der Waals surface area contributed by atoms with E-state index in [0.717, 1.165) is 15.8 Å². The number of amides is 1. The smallest absolute Gasteiger partial charge is 0.255 e. The first-order valence-electron chi connectivity index (χ1n) is 8.41. The number of benzene rings is 3. The quantitative estimate of drug-likeness (QED) is 0.533. The summed E-state index contributed by atoms with van der Waals surface area (Å²) in [7, 11) is 0. The lowest BCUT2D eigenvalue weighted by Gasteiger charge is -2.09. The maximum absolute atomic E-state index is 12.4. The van der Waals surface area contributed by atoms with Gasteiger partial charge in [-0.25, -0.2) is 0 Å². The molecule has 0 aliphatic carbocycles. The topological polar surface area (TPSA) is 55.4 Å². The predicted molar refractivity (Wildman–Crippen MR) is 109 cm³/mol. The van der Waals surface area contributed by atoms with Crippen LogP contribution >= 0.6 is 15.9 Å². The summed E-state index contributed by atoms with van der Waals surface area (Å²) in [4.78, 5) is 23.8. The summed E-state index contributed by atoms with van der Waals surface area (Å²) in [5.41, 5.74) is 2.66. The van der Waals surface area contributed by atoms with Gasteiger partial charge in [0.05, 0.1) is 0 Å². The number of anilines is 1. The van der Waals surface area contributed by atoms with Gasteiger partial charge in [-0.3, -0.25) is 9.59 Å². The number of halogens is 1. The highest BCUT2D eigenvalue weighted by atomic mass is 79.9. The van der Waals surface area contributed by atoms with E-state index in [1.54, 1.807) is 36.4 Å². The number of hydrogen-bond donors (Lipinski definition) is 1. The van der Waals surface area contributed by atoms with Crippen LogP contribution in [0.15, 0.2) is 77.3 Å². The van der Waals surface area contributed by atoms with Crippen molar-refractivity contribution in [2.45, 2.75) is 13.5 Å². The second kappa shape index (κ2) is 8.64. The van der Waals surface area contributed by atoms with Crippen LogP contribution in [0.1, 0.15) is 33.2 Å².